The summed E-state index contributed by atoms with van der Waals surface area (Å²) in [5, 5.41) is 33.0. The molecule has 12 nitrogen and oxygen atoms in total. The van der Waals surface area contributed by atoms with Gasteiger partial charge in [0.2, 0.25) is 0 Å². The molecule has 1 heterocycles. The van der Waals surface area contributed by atoms with Gasteiger partial charge in [0.1, 0.15) is 42.5 Å². The van der Waals surface area contributed by atoms with Crippen LogP contribution in [0.1, 0.15) is 19.4 Å². The molecule has 0 bridgehead atoms. The minimum Gasteiger partial charge on any atom is -0.497 e. The molecule has 1 aliphatic rings. The van der Waals surface area contributed by atoms with Crippen LogP contribution in [0.2, 0.25) is 0 Å². The van der Waals surface area contributed by atoms with Gasteiger partial charge in [0.05, 0.1) is 19.8 Å². The molecule has 210 valence electrons. The van der Waals surface area contributed by atoms with E-state index in [9.17, 15) is 24.7 Å². The summed E-state index contributed by atoms with van der Waals surface area (Å²) in [5.74, 6) is -0.530. The number of hydrogen-bond donors (Lipinski definition) is 5. The Morgan fingerprint density at radius 1 is 1.11 bits per heavy atom. The largest absolute Gasteiger partial charge is 0.497 e. The number of aliphatic hydroxyl groups is 3. The normalized spacial score (nSPS) is 25.8. The lowest BCUT2D eigenvalue weighted by Gasteiger charge is -2.41. The number of hydrogen-bond acceptors (Lipinski definition) is 11. The number of ether oxygens (including phenoxy) is 3. The van der Waals surface area contributed by atoms with Gasteiger partial charge in [-0.15, -0.1) is 0 Å². The topological polar surface area (TPSA) is 179 Å². The number of carbonyl (C=O) groups is 1. The fraction of sp³-hybridized carbons (Fsp3) is 0.480. The number of nitrogens with one attached hydrogen (secondary N) is 1. The van der Waals surface area contributed by atoms with Gasteiger partial charge in [-0.1, -0.05) is 44.2 Å². The predicted octanol–water partition coefficient (Wildman–Crippen LogP) is 1.32. The molecule has 0 spiro atoms. The smallest absolute Gasteiger partial charge is 0.459 e. The van der Waals surface area contributed by atoms with Crippen molar-refractivity contribution in [2.45, 2.75) is 57.1 Å². The summed E-state index contributed by atoms with van der Waals surface area (Å²) in [7, 11) is -3.02. The molecule has 0 radical (unpaired) electrons. The minimum atomic E-state index is -4.51. The maximum absolute atomic E-state index is 14.1. The minimum absolute atomic E-state index is 0.0103. The average molecular weight is 555 g/mol. The van der Waals surface area contributed by atoms with Gasteiger partial charge in [-0.3, -0.25) is 9.32 Å². The standard InChI is InChI=1S/C25H35N2O10P/c1-15(2)21(25(31)34-14-16-7-5-4-6-8-16)27-38(32,36-18-11-9-17(33-3)10-12-18)37-23-19(13-28)35-24(30)20(26)22(23)29/h4-12,15,19-24,28-30H,13-14,26H2,1-3H3,(H,27,32)/t19-,20-,21?,22-,23-,24+,38?/m1/s1. The van der Waals surface area contributed by atoms with E-state index in [0.29, 0.717) is 5.75 Å². The van der Waals surface area contributed by atoms with Crippen molar-refractivity contribution in [3.8, 4) is 11.5 Å². The first-order valence-electron chi connectivity index (χ1n) is 12.1. The monoisotopic (exact) mass is 554 g/mol. The highest BCUT2D eigenvalue weighted by Crippen LogP contribution is 2.48. The molecule has 2 aromatic rings. The highest BCUT2D eigenvalue weighted by Gasteiger charge is 2.48. The van der Waals surface area contributed by atoms with Gasteiger partial charge in [-0.25, -0.2) is 4.57 Å². The molecule has 0 amide bonds. The molecule has 38 heavy (non-hydrogen) atoms. The van der Waals surface area contributed by atoms with Gasteiger partial charge in [-0.05, 0) is 35.7 Å². The van der Waals surface area contributed by atoms with Crippen molar-refractivity contribution in [1.82, 2.24) is 5.09 Å². The van der Waals surface area contributed by atoms with Crippen LogP contribution in [0.3, 0.4) is 0 Å². The van der Waals surface area contributed by atoms with Crippen molar-refractivity contribution >= 4 is 13.7 Å². The molecule has 6 N–H and O–H groups in total. The Bertz CT molecular complexity index is 1070. The molecular weight excluding hydrogens is 519 g/mol. The van der Waals surface area contributed by atoms with Crippen molar-refractivity contribution in [2.75, 3.05) is 13.7 Å². The molecule has 0 aromatic heterocycles. The fourth-order valence-electron chi connectivity index (χ4n) is 3.71. The first kappa shape index (κ1) is 30.0. The molecule has 7 atom stereocenters. The predicted molar refractivity (Wildman–Crippen MR) is 136 cm³/mol. The van der Waals surface area contributed by atoms with Gasteiger partial charge in [-0.2, -0.15) is 5.09 Å². The summed E-state index contributed by atoms with van der Waals surface area (Å²) in [5.41, 5.74) is 6.56. The Balaban J connectivity index is 1.87. The Morgan fingerprint density at radius 3 is 2.32 bits per heavy atom. The highest BCUT2D eigenvalue weighted by atomic mass is 31.2. The van der Waals surface area contributed by atoms with Crippen molar-refractivity contribution in [3.05, 3.63) is 60.2 Å². The van der Waals surface area contributed by atoms with E-state index in [-0.39, 0.29) is 12.4 Å². The van der Waals surface area contributed by atoms with Gasteiger partial charge in [0.15, 0.2) is 6.29 Å². The molecule has 1 saturated heterocycles. The average Bonchev–Trinajstić information content (AvgIpc) is 2.91. The first-order chi connectivity index (χ1) is 18.1. The van der Waals surface area contributed by atoms with Crippen LogP contribution in [0.4, 0.5) is 0 Å². The maximum Gasteiger partial charge on any atom is 0.459 e. The molecular formula is C25H35N2O10P. The number of benzene rings is 2. The second-order valence-corrected chi connectivity index (χ2v) is 10.7. The SMILES string of the molecule is COc1ccc(OP(=O)(NC(C(=O)OCc2ccccc2)C(C)C)O[C@H]2[C@H](O)[C@@H](N)[C@@H](O)O[C@@H]2CO)cc1. The zero-order valence-electron chi connectivity index (χ0n) is 21.4. The van der Waals surface area contributed by atoms with E-state index in [1.54, 1.807) is 38.1 Å². The quantitative estimate of drug-likeness (QED) is 0.188. The molecule has 1 fully saturated rings. The van der Waals surface area contributed by atoms with Gasteiger partial charge >= 0.3 is 13.7 Å². The number of aliphatic hydroxyl groups excluding tert-OH is 3. The summed E-state index contributed by atoms with van der Waals surface area (Å²) in [6.07, 6.45) is -5.96. The zero-order chi connectivity index (χ0) is 27.9. The molecule has 3 rings (SSSR count). The van der Waals surface area contributed by atoms with Crippen LogP contribution in [-0.4, -0.2) is 71.7 Å². The van der Waals surface area contributed by atoms with Crippen LogP contribution in [-0.2, 0) is 30.0 Å². The summed E-state index contributed by atoms with van der Waals surface area (Å²) in [6, 6.07) is 12.6. The Hall–Kier alpha value is -2.54. The Labute approximate surface area is 221 Å². The lowest BCUT2D eigenvalue weighted by atomic mass is 9.98. The molecule has 2 aromatic carbocycles. The highest BCUT2D eigenvalue weighted by molar-refractivity contribution is 7.52. The van der Waals surface area contributed by atoms with Crippen LogP contribution in [0.25, 0.3) is 0 Å². The Morgan fingerprint density at radius 2 is 1.74 bits per heavy atom. The van der Waals surface area contributed by atoms with Crippen LogP contribution in [0, 0.1) is 5.92 Å². The van der Waals surface area contributed by atoms with E-state index in [4.69, 9.17) is 29.0 Å². The van der Waals surface area contributed by atoms with Crippen LogP contribution in [0.5, 0.6) is 11.5 Å². The van der Waals surface area contributed by atoms with Crippen molar-refractivity contribution in [3.63, 3.8) is 0 Å². The van der Waals surface area contributed by atoms with Crippen molar-refractivity contribution < 1.29 is 47.9 Å². The third-order valence-corrected chi connectivity index (χ3v) is 7.47. The third kappa shape index (κ3) is 7.75. The molecule has 13 heteroatoms. The Kier molecular flexibility index (Phi) is 10.7. The van der Waals surface area contributed by atoms with E-state index < -0.39 is 62.9 Å². The lowest BCUT2D eigenvalue weighted by molar-refractivity contribution is -0.244. The fourth-order valence-corrected chi connectivity index (χ4v) is 5.59. The first-order valence-corrected chi connectivity index (χ1v) is 13.6. The summed E-state index contributed by atoms with van der Waals surface area (Å²) < 4.78 is 41.4. The number of nitrogens with two attached hydrogens (primary N) is 1. The zero-order valence-corrected chi connectivity index (χ0v) is 22.3. The maximum atomic E-state index is 14.1. The van der Waals surface area contributed by atoms with Gasteiger partial charge in [0.25, 0.3) is 0 Å². The van der Waals surface area contributed by atoms with E-state index in [0.717, 1.165) is 5.56 Å². The molecule has 0 aliphatic carbocycles. The van der Waals surface area contributed by atoms with Crippen molar-refractivity contribution in [2.24, 2.45) is 11.7 Å². The second kappa shape index (κ2) is 13.5. The second-order valence-electron chi connectivity index (χ2n) is 9.09. The number of esters is 1. The van der Waals surface area contributed by atoms with Crippen LogP contribution >= 0.6 is 7.75 Å². The van der Waals surface area contributed by atoms with Crippen LogP contribution < -0.4 is 20.1 Å². The van der Waals surface area contributed by atoms with Crippen LogP contribution in [0.15, 0.2) is 54.6 Å². The molecule has 2 unspecified atom stereocenters. The number of rotatable bonds is 12. The molecule has 0 saturated carbocycles. The number of methoxy groups -OCH3 is 1. The van der Waals surface area contributed by atoms with E-state index >= 15 is 0 Å². The summed E-state index contributed by atoms with van der Waals surface area (Å²) in [4.78, 5) is 13.0. The van der Waals surface area contributed by atoms with Gasteiger partial charge in [0, 0.05) is 0 Å². The van der Waals surface area contributed by atoms with E-state index in [2.05, 4.69) is 5.09 Å². The van der Waals surface area contributed by atoms with E-state index in [1.165, 1.54) is 19.2 Å². The summed E-state index contributed by atoms with van der Waals surface area (Å²) in [6.45, 7) is 2.71. The lowest BCUT2D eigenvalue weighted by Crippen LogP contribution is -2.62. The van der Waals surface area contributed by atoms with E-state index in [1.807, 2.05) is 18.2 Å². The van der Waals surface area contributed by atoms with Gasteiger partial charge < -0.3 is 39.8 Å². The third-order valence-electron chi connectivity index (χ3n) is 5.91. The molecule has 1 aliphatic heterocycles. The summed E-state index contributed by atoms with van der Waals surface area (Å²) >= 11 is 0. The number of carbonyl (C=O) groups excluding carboxylic acids is 1. The van der Waals surface area contributed by atoms with Crippen molar-refractivity contribution in [1.29, 1.82) is 0 Å².